The fraction of sp³-hybridized carbons (Fsp3) is 0.625. The van der Waals surface area contributed by atoms with Gasteiger partial charge in [0.2, 0.25) is 0 Å². The van der Waals surface area contributed by atoms with Crippen molar-refractivity contribution in [3.05, 3.63) is 23.8 Å². The molecule has 0 aliphatic heterocycles. The Labute approximate surface area is 116 Å². The molecule has 1 aromatic carbocycles. The first-order valence-electron chi connectivity index (χ1n) is 6.92. The highest BCUT2D eigenvalue weighted by Gasteiger charge is 2.38. The van der Waals surface area contributed by atoms with Gasteiger partial charge >= 0.3 is 0 Å². The maximum Gasteiger partial charge on any atom is 0.124 e. The SMILES string of the molecule is COc1ccc(OC)c(C2(N)CCC(C)(C)CC2)c1. The van der Waals surface area contributed by atoms with E-state index in [1.54, 1.807) is 14.2 Å². The molecular formula is C16H25NO2. The van der Waals surface area contributed by atoms with Gasteiger partial charge in [-0.2, -0.15) is 0 Å². The van der Waals surface area contributed by atoms with Crippen molar-refractivity contribution in [3.8, 4) is 11.5 Å². The average molecular weight is 263 g/mol. The van der Waals surface area contributed by atoms with E-state index in [9.17, 15) is 0 Å². The molecule has 0 radical (unpaired) electrons. The van der Waals surface area contributed by atoms with E-state index in [1.165, 1.54) is 0 Å². The van der Waals surface area contributed by atoms with E-state index in [2.05, 4.69) is 13.8 Å². The second kappa shape index (κ2) is 5.04. The van der Waals surface area contributed by atoms with Crippen molar-refractivity contribution in [2.45, 2.75) is 45.1 Å². The summed E-state index contributed by atoms with van der Waals surface area (Å²) in [5.74, 6) is 1.70. The lowest BCUT2D eigenvalue weighted by atomic mass is 9.67. The first-order valence-corrected chi connectivity index (χ1v) is 6.92. The molecule has 1 aliphatic carbocycles. The van der Waals surface area contributed by atoms with Crippen molar-refractivity contribution < 1.29 is 9.47 Å². The summed E-state index contributed by atoms with van der Waals surface area (Å²) in [6, 6.07) is 5.89. The minimum Gasteiger partial charge on any atom is -0.497 e. The summed E-state index contributed by atoms with van der Waals surface area (Å²) >= 11 is 0. The Kier molecular flexibility index (Phi) is 3.77. The number of benzene rings is 1. The van der Waals surface area contributed by atoms with Gasteiger partial charge in [-0.1, -0.05) is 13.8 Å². The van der Waals surface area contributed by atoms with Crippen LogP contribution in [0.3, 0.4) is 0 Å². The van der Waals surface area contributed by atoms with Crippen molar-refractivity contribution in [1.82, 2.24) is 0 Å². The molecule has 3 nitrogen and oxygen atoms in total. The van der Waals surface area contributed by atoms with Crippen LogP contribution in [0.25, 0.3) is 0 Å². The summed E-state index contributed by atoms with van der Waals surface area (Å²) in [7, 11) is 3.38. The third kappa shape index (κ3) is 2.86. The number of hydrogen-bond acceptors (Lipinski definition) is 3. The third-order valence-electron chi connectivity index (χ3n) is 4.44. The lowest BCUT2D eigenvalue weighted by Crippen LogP contribution is -2.42. The maximum absolute atomic E-state index is 6.67. The van der Waals surface area contributed by atoms with Crippen LogP contribution < -0.4 is 15.2 Å². The van der Waals surface area contributed by atoms with Gasteiger partial charge in [-0.25, -0.2) is 0 Å². The van der Waals surface area contributed by atoms with Crippen LogP contribution in [0.1, 0.15) is 45.1 Å². The van der Waals surface area contributed by atoms with Gasteiger partial charge < -0.3 is 15.2 Å². The molecule has 0 aromatic heterocycles. The highest BCUT2D eigenvalue weighted by molar-refractivity contribution is 5.44. The van der Waals surface area contributed by atoms with E-state index in [0.717, 1.165) is 42.7 Å². The van der Waals surface area contributed by atoms with Gasteiger partial charge in [-0.3, -0.25) is 0 Å². The van der Waals surface area contributed by atoms with Gasteiger partial charge in [-0.05, 0) is 49.3 Å². The Morgan fingerprint density at radius 3 is 2.16 bits per heavy atom. The zero-order valence-electron chi connectivity index (χ0n) is 12.5. The second-order valence-corrected chi connectivity index (χ2v) is 6.39. The number of nitrogens with two attached hydrogens (primary N) is 1. The van der Waals surface area contributed by atoms with Crippen LogP contribution in [-0.4, -0.2) is 14.2 Å². The van der Waals surface area contributed by atoms with Crippen molar-refractivity contribution in [3.63, 3.8) is 0 Å². The number of rotatable bonds is 3. The molecule has 3 heteroatoms. The van der Waals surface area contributed by atoms with E-state index in [-0.39, 0.29) is 5.54 Å². The second-order valence-electron chi connectivity index (χ2n) is 6.39. The van der Waals surface area contributed by atoms with Gasteiger partial charge in [-0.15, -0.1) is 0 Å². The van der Waals surface area contributed by atoms with Crippen LogP contribution in [0, 0.1) is 5.41 Å². The molecule has 1 saturated carbocycles. The lowest BCUT2D eigenvalue weighted by Gasteiger charge is -2.42. The van der Waals surface area contributed by atoms with Crippen LogP contribution >= 0.6 is 0 Å². The first kappa shape index (κ1) is 14.2. The zero-order valence-corrected chi connectivity index (χ0v) is 12.5. The topological polar surface area (TPSA) is 44.5 Å². The van der Waals surface area contributed by atoms with Crippen LogP contribution in [0.5, 0.6) is 11.5 Å². The molecule has 0 saturated heterocycles. The molecule has 2 N–H and O–H groups in total. The number of hydrogen-bond donors (Lipinski definition) is 1. The predicted molar refractivity (Wildman–Crippen MR) is 77.7 cm³/mol. The Bertz CT molecular complexity index is 444. The maximum atomic E-state index is 6.67. The summed E-state index contributed by atoms with van der Waals surface area (Å²) in [5.41, 5.74) is 7.84. The van der Waals surface area contributed by atoms with Crippen LogP contribution in [-0.2, 0) is 5.54 Å². The lowest BCUT2D eigenvalue weighted by molar-refractivity contribution is 0.162. The van der Waals surface area contributed by atoms with Crippen molar-refractivity contribution in [2.24, 2.45) is 11.1 Å². The molecule has 106 valence electrons. The Balaban J connectivity index is 2.34. The van der Waals surface area contributed by atoms with Crippen molar-refractivity contribution in [2.75, 3.05) is 14.2 Å². The summed E-state index contributed by atoms with van der Waals surface area (Å²) in [6.07, 6.45) is 4.26. The fourth-order valence-electron chi connectivity index (χ4n) is 2.85. The standard InChI is InChI=1S/C16H25NO2/c1-15(2)7-9-16(17,10-8-15)13-11-12(18-3)5-6-14(13)19-4/h5-6,11H,7-10,17H2,1-4H3. The Morgan fingerprint density at radius 1 is 1.00 bits per heavy atom. The Morgan fingerprint density at radius 2 is 1.63 bits per heavy atom. The summed E-state index contributed by atoms with van der Waals surface area (Å²) < 4.78 is 10.8. The molecule has 0 spiro atoms. The molecular weight excluding hydrogens is 238 g/mol. The number of ether oxygens (including phenoxy) is 2. The van der Waals surface area contributed by atoms with Crippen molar-refractivity contribution >= 4 is 0 Å². The van der Waals surface area contributed by atoms with Crippen LogP contribution in [0.2, 0.25) is 0 Å². The monoisotopic (exact) mass is 263 g/mol. The van der Waals surface area contributed by atoms with E-state index in [4.69, 9.17) is 15.2 Å². The van der Waals surface area contributed by atoms with E-state index < -0.39 is 0 Å². The third-order valence-corrected chi connectivity index (χ3v) is 4.44. The van der Waals surface area contributed by atoms with Gasteiger partial charge in [0.25, 0.3) is 0 Å². The largest absolute Gasteiger partial charge is 0.497 e. The molecule has 1 aromatic rings. The minimum atomic E-state index is -0.296. The smallest absolute Gasteiger partial charge is 0.124 e. The fourth-order valence-corrected chi connectivity index (χ4v) is 2.85. The molecule has 0 atom stereocenters. The van der Waals surface area contributed by atoms with E-state index in [1.807, 2.05) is 18.2 Å². The van der Waals surface area contributed by atoms with Crippen molar-refractivity contribution in [1.29, 1.82) is 0 Å². The van der Waals surface area contributed by atoms with Gasteiger partial charge in [0.15, 0.2) is 0 Å². The van der Waals surface area contributed by atoms with Gasteiger partial charge in [0.05, 0.1) is 14.2 Å². The minimum absolute atomic E-state index is 0.296. The Hall–Kier alpha value is -1.22. The molecule has 1 aliphatic rings. The summed E-state index contributed by atoms with van der Waals surface area (Å²) in [6.45, 7) is 4.63. The molecule has 0 bridgehead atoms. The van der Waals surface area contributed by atoms with E-state index >= 15 is 0 Å². The average Bonchev–Trinajstić information content (AvgIpc) is 2.42. The zero-order chi connectivity index (χ0) is 14.1. The molecule has 19 heavy (non-hydrogen) atoms. The quantitative estimate of drug-likeness (QED) is 0.908. The molecule has 0 unspecified atom stereocenters. The molecule has 0 heterocycles. The molecule has 2 rings (SSSR count). The first-order chi connectivity index (χ1) is 8.90. The number of methoxy groups -OCH3 is 2. The normalized spacial score (nSPS) is 20.9. The molecule has 1 fully saturated rings. The summed E-state index contributed by atoms with van der Waals surface area (Å²) in [5, 5.41) is 0. The highest BCUT2D eigenvalue weighted by atomic mass is 16.5. The van der Waals surface area contributed by atoms with Gasteiger partial charge in [0, 0.05) is 11.1 Å². The van der Waals surface area contributed by atoms with Crippen LogP contribution in [0.15, 0.2) is 18.2 Å². The highest BCUT2D eigenvalue weighted by Crippen LogP contribution is 2.46. The predicted octanol–water partition coefficient (Wildman–Crippen LogP) is 3.46. The molecule has 0 amide bonds. The van der Waals surface area contributed by atoms with Crippen LogP contribution in [0.4, 0.5) is 0 Å². The van der Waals surface area contributed by atoms with E-state index in [0.29, 0.717) is 5.41 Å². The summed E-state index contributed by atoms with van der Waals surface area (Å²) in [4.78, 5) is 0. The van der Waals surface area contributed by atoms with Gasteiger partial charge in [0.1, 0.15) is 11.5 Å².